The Morgan fingerprint density at radius 2 is 2.00 bits per heavy atom. The van der Waals surface area contributed by atoms with Crippen molar-refractivity contribution in [3.05, 3.63) is 0 Å². The number of alkyl halides is 3. The molecule has 0 radical (unpaired) electrons. The first-order chi connectivity index (χ1) is 7.41. The second kappa shape index (κ2) is 8.23. The summed E-state index contributed by atoms with van der Waals surface area (Å²) in [7, 11) is 0. The van der Waals surface area contributed by atoms with Crippen LogP contribution in [0.5, 0.6) is 0 Å². The van der Waals surface area contributed by atoms with Gasteiger partial charge in [0.15, 0.2) is 6.23 Å². The topological polar surface area (TPSA) is 47.6 Å². The van der Waals surface area contributed by atoms with Gasteiger partial charge in [-0.25, -0.2) is 4.79 Å². The van der Waals surface area contributed by atoms with Gasteiger partial charge in [-0.2, -0.15) is 0 Å². The highest BCUT2D eigenvalue weighted by Crippen LogP contribution is 2.31. The SMILES string of the molecule is CCCCOC(NC(=O)OCC)C(Cl)(Cl)Cl. The average Bonchev–Trinajstić information content (AvgIpc) is 2.15. The molecular formula is C9H16Cl3NO3. The first kappa shape index (κ1) is 16.1. The van der Waals surface area contributed by atoms with E-state index in [2.05, 4.69) is 10.1 Å². The van der Waals surface area contributed by atoms with Crippen molar-refractivity contribution >= 4 is 40.9 Å². The Bertz CT molecular complexity index is 209. The zero-order valence-electron chi connectivity index (χ0n) is 9.26. The third kappa shape index (κ3) is 7.39. The summed E-state index contributed by atoms with van der Waals surface area (Å²) in [5.74, 6) is 0. The zero-order valence-corrected chi connectivity index (χ0v) is 11.5. The summed E-state index contributed by atoms with van der Waals surface area (Å²) in [6.07, 6.45) is 0.0895. The van der Waals surface area contributed by atoms with Crippen molar-refractivity contribution in [2.45, 2.75) is 36.7 Å². The number of nitrogens with one attached hydrogen (secondary N) is 1. The van der Waals surface area contributed by atoms with Gasteiger partial charge in [-0.05, 0) is 13.3 Å². The molecule has 0 aromatic rings. The van der Waals surface area contributed by atoms with Crippen LogP contribution in [0.25, 0.3) is 0 Å². The molecule has 1 unspecified atom stereocenters. The van der Waals surface area contributed by atoms with Crippen LogP contribution < -0.4 is 5.32 Å². The van der Waals surface area contributed by atoms with E-state index < -0.39 is 16.1 Å². The van der Waals surface area contributed by atoms with Gasteiger partial charge in [-0.1, -0.05) is 48.1 Å². The van der Waals surface area contributed by atoms with Crippen LogP contribution in [0.15, 0.2) is 0 Å². The molecule has 16 heavy (non-hydrogen) atoms. The number of alkyl carbamates (subject to hydrolysis) is 1. The van der Waals surface area contributed by atoms with Crippen molar-refractivity contribution in [1.82, 2.24) is 5.32 Å². The Kier molecular flexibility index (Phi) is 8.28. The maximum absolute atomic E-state index is 11.1. The standard InChI is InChI=1S/C9H16Cl3NO3/c1-3-5-6-16-7(9(10,11)12)13-8(14)15-4-2/h7H,3-6H2,1-2H3,(H,13,14). The second-order valence-electron chi connectivity index (χ2n) is 3.01. The number of hydrogen-bond acceptors (Lipinski definition) is 3. The fraction of sp³-hybridized carbons (Fsp3) is 0.889. The number of carbonyl (C=O) groups excluding carboxylic acids is 1. The quantitative estimate of drug-likeness (QED) is 0.464. The molecule has 1 N–H and O–H groups in total. The minimum absolute atomic E-state index is 0.243. The molecule has 4 nitrogen and oxygen atoms in total. The minimum atomic E-state index is -1.72. The van der Waals surface area contributed by atoms with E-state index in [0.29, 0.717) is 6.61 Å². The van der Waals surface area contributed by atoms with Crippen LogP contribution in [0.1, 0.15) is 26.7 Å². The number of unbranched alkanes of at least 4 members (excludes halogenated alkanes) is 1. The van der Waals surface area contributed by atoms with Gasteiger partial charge in [-0.15, -0.1) is 0 Å². The largest absolute Gasteiger partial charge is 0.450 e. The Hall–Kier alpha value is 0.1000. The van der Waals surface area contributed by atoms with Crippen LogP contribution in [0.2, 0.25) is 0 Å². The summed E-state index contributed by atoms with van der Waals surface area (Å²) in [5.41, 5.74) is 0. The molecule has 0 heterocycles. The highest BCUT2D eigenvalue weighted by molar-refractivity contribution is 6.68. The molecule has 0 bridgehead atoms. The Morgan fingerprint density at radius 3 is 2.44 bits per heavy atom. The van der Waals surface area contributed by atoms with Gasteiger partial charge < -0.3 is 9.47 Å². The molecule has 1 amide bonds. The van der Waals surface area contributed by atoms with E-state index in [1.54, 1.807) is 6.92 Å². The lowest BCUT2D eigenvalue weighted by molar-refractivity contribution is 0.0276. The van der Waals surface area contributed by atoms with Crippen molar-refractivity contribution in [1.29, 1.82) is 0 Å². The van der Waals surface area contributed by atoms with E-state index in [-0.39, 0.29) is 6.61 Å². The lowest BCUT2D eigenvalue weighted by Gasteiger charge is -2.25. The van der Waals surface area contributed by atoms with Crippen molar-refractivity contribution < 1.29 is 14.3 Å². The minimum Gasteiger partial charge on any atom is -0.450 e. The lowest BCUT2D eigenvalue weighted by atomic mass is 10.4. The molecular weight excluding hydrogens is 276 g/mol. The number of rotatable bonds is 6. The van der Waals surface area contributed by atoms with Crippen molar-refractivity contribution in [2.24, 2.45) is 0 Å². The molecule has 0 spiro atoms. The van der Waals surface area contributed by atoms with Crippen molar-refractivity contribution in [3.8, 4) is 0 Å². The molecule has 0 fully saturated rings. The predicted molar refractivity (Wildman–Crippen MR) is 65.1 cm³/mol. The van der Waals surface area contributed by atoms with Crippen LogP contribution in [-0.4, -0.2) is 29.3 Å². The highest BCUT2D eigenvalue weighted by Gasteiger charge is 2.35. The number of halogens is 3. The molecule has 0 saturated heterocycles. The van der Waals surface area contributed by atoms with Gasteiger partial charge in [0.2, 0.25) is 3.79 Å². The van der Waals surface area contributed by atoms with E-state index >= 15 is 0 Å². The number of ether oxygens (including phenoxy) is 2. The third-order valence-electron chi connectivity index (χ3n) is 1.60. The average molecular weight is 293 g/mol. The monoisotopic (exact) mass is 291 g/mol. The van der Waals surface area contributed by atoms with Gasteiger partial charge >= 0.3 is 6.09 Å². The smallest absolute Gasteiger partial charge is 0.409 e. The zero-order chi connectivity index (χ0) is 12.6. The van der Waals surface area contributed by atoms with Crippen molar-refractivity contribution in [2.75, 3.05) is 13.2 Å². The molecule has 0 saturated carbocycles. The van der Waals surface area contributed by atoms with Crippen LogP contribution >= 0.6 is 34.8 Å². The van der Waals surface area contributed by atoms with Crippen LogP contribution in [-0.2, 0) is 9.47 Å². The normalized spacial score (nSPS) is 13.3. The Balaban J connectivity index is 4.16. The molecule has 0 aliphatic rings. The van der Waals surface area contributed by atoms with Gasteiger partial charge in [0.05, 0.1) is 6.61 Å². The van der Waals surface area contributed by atoms with Gasteiger partial charge in [0.1, 0.15) is 0 Å². The first-order valence-electron chi connectivity index (χ1n) is 5.03. The number of hydrogen-bond donors (Lipinski definition) is 1. The van der Waals surface area contributed by atoms with Crippen LogP contribution in [0.3, 0.4) is 0 Å². The summed E-state index contributed by atoms with van der Waals surface area (Å²) in [6.45, 7) is 4.34. The first-order valence-corrected chi connectivity index (χ1v) is 6.16. The molecule has 96 valence electrons. The predicted octanol–water partition coefficient (Wildman–Crippen LogP) is 3.25. The van der Waals surface area contributed by atoms with Crippen LogP contribution in [0.4, 0.5) is 4.79 Å². The molecule has 0 aliphatic heterocycles. The van der Waals surface area contributed by atoms with E-state index in [1.165, 1.54) is 0 Å². The van der Waals surface area contributed by atoms with E-state index in [1.807, 2.05) is 6.92 Å². The summed E-state index contributed by atoms with van der Waals surface area (Å²) in [6, 6.07) is 0. The molecule has 0 aromatic heterocycles. The molecule has 7 heteroatoms. The van der Waals surface area contributed by atoms with E-state index in [0.717, 1.165) is 12.8 Å². The third-order valence-corrected chi connectivity index (χ3v) is 2.20. The Labute approximate surface area is 111 Å². The van der Waals surface area contributed by atoms with Gasteiger partial charge in [0.25, 0.3) is 0 Å². The molecule has 0 aliphatic carbocycles. The summed E-state index contributed by atoms with van der Waals surface area (Å²) >= 11 is 17.0. The van der Waals surface area contributed by atoms with Crippen LogP contribution in [0, 0.1) is 0 Å². The second-order valence-corrected chi connectivity index (χ2v) is 5.38. The highest BCUT2D eigenvalue weighted by atomic mass is 35.6. The summed E-state index contributed by atoms with van der Waals surface area (Å²) in [4.78, 5) is 11.1. The van der Waals surface area contributed by atoms with Crippen molar-refractivity contribution in [3.63, 3.8) is 0 Å². The van der Waals surface area contributed by atoms with E-state index in [4.69, 9.17) is 39.5 Å². The molecule has 0 rings (SSSR count). The molecule has 0 aromatic carbocycles. The maximum Gasteiger partial charge on any atom is 0.409 e. The fourth-order valence-corrected chi connectivity index (χ4v) is 1.20. The fourth-order valence-electron chi connectivity index (χ4n) is 0.843. The summed E-state index contributed by atoms with van der Waals surface area (Å²) < 4.78 is 8.20. The summed E-state index contributed by atoms with van der Waals surface area (Å²) in [5, 5.41) is 2.34. The maximum atomic E-state index is 11.1. The number of amides is 1. The lowest BCUT2D eigenvalue weighted by Crippen LogP contribution is -2.46. The van der Waals surface area contributed by atoms with Gasteiger partial charge in [-0.3, -0.25) is 5.32 Å². The Morgan fingerprint density at radius 1 is 1.38 bits per heavy atom. The van der Waals surface area contributed by atoms with E-state index in [9.17, 15) is 4.79 Å². The molecule has 1 atom stereocenters. The number of carbonyl (C=O) groups is 1. The van der Waals surface area contributed by atoms with Gasteiger partial charge in [0, 0.05) is 6.61 Å².